The molecular weight excluding hydrogens is 450 g/mol. The molecule has 34 heavy (non-hydrogen) atoms. The zero-order valence-corrected chi connectivity index (χ0v) is 20.2. The minimum Gasteiger partial charge on any atom is -0.497 e. The summed E-state index contributed by atoms with van der Waals surface area (Å²) in [5, 5.41) is 14.4. The predicted octanol–water partition coefficient (Wildman–Crippen LogP) is 5.21. The highest BCUT2D eigenvalue weighted by Gasteiger charge is 2.24. The number of nitrogens with one attached hydrogen (secondary N) is 1. The van der Waals surface area contributed by atoms with Crippen molar-refractivity contribution >= 4 is 40.0 Å². The van der Waals surface area contributed by atoms with Crippen LogP contribution in [0.2, 0.25) is 0 Å². The Morgan fingerprint density at radius 2 is 1.79 bits per heavy atom. The van der Waals surface area contributed by atoms with Crippen LogP contribution in [-0.4, -0.2) is 39.7 Å². The van der Waals surface area contributed by atoms with Gasteiger partial charge in [0.25, 0.3) is 5.91 Å². The molecule has 2 aromatic carbocycles. The van der Waals surface area contributed by atoms with Gasteiger partial charge in [-0.2, -0.15) is 5.26 Å². The van der Waals surface area contributed by atoms with Gasteiger partial charge in [-0.05, 0) is 48.4 Å². The number of benzene rings is 2. The van der Waals surface area contributed by atoms with E-state index in [0.717, 1.165) is 11.3 Å². The standard InChI is InChI=1S/C26H25N3O4S/c1-5-33-26(31)23-22(18-8-12-21(32-4)13-9-18)16-34-25(23)28-24(30)19(15-27)14-17-6-10-20(11-7-17)29(2)3/h6-14,16H,5H2,1-4H3,(H,28,30)/b19-14+. The van der Waals surface area contributed by atoms with Gasteiger partial charge in [-0.1, -0.05) is 24.3 Å². The molecule has 0 aliphatic heterocycles. The molecule has 1 aromatic heterocycles. The van der Waals surface area contributed by atoms with Crippen LogP contribution in [0.15, 0.2) is 59.5 Å². The van der Waals surface area contributed by atoms with Crippen molar-refractivity contribution in [2.75, 3.05) is 38.0 Å². The van der Waals surface area contributed by atoms with E-state index in [-0.39, 0.29) is 17.7 Å². The van der Waals surface area contributed by atoms with Gasteiger partial charge in [-0.15, -0.1) is 11.3 Å². The Morgan fingerprint density at radius 1 is 1.12 bits per heavy atom. The normalized spacial score (nSPS) is 10.9. The lowest BCUT2D eigenvalue weighted by Crippen LogP contribution is -2.16. The first-order chi connectivity index (χ1) is 16.4. The van der Waals surface area contributed by atoms with E-state index < -0.39 is 11.9 Å². The van der Waals surface area contributed by atoms with Crippen LogP contribution >= 0.6 is 11.3 Å². The first-order valence-electron chi connectivity index (χ1n) is 10.5. The lowest BCUT2D eigenvalue weighted by Gasteiger charge is -2.12. The molecule has 3 rings (SSSR count). The highest BCUT2D eigenvalue weighted by atomic mass is 32.1. The Balaban J connectivity index is 1.92. The van der Waals surface area contributed by atoms with Crippen molar-refractivity contribution in [3.63, 3.8) is 0 Å². The smallest absolute Gasteiger partial charge is 0.341 e. The number of esters is 1. The van der Waals surface area contributed by atoms with Crippen molar-refractivity contribution in [1.29, 1.82) is 5.26 Å². The fourth-order valence-electron chi connectivity index (χ4n) is 3.19. The van der Waals surface area contributed by atoms with Gasteiger partial charge < -0.3 is 19.7 Å². The third-order valence-corrected chi connectivity index (χ3v) is 5.88. The number of anilines is 2. The summed E-state index contributed by atoms with van der Waals surface area (Å²) in [5.41, 5.74) is 3.29. The van der Waals surface area contributed by atoms with E-state index in [1.165, 1.54) is 17.4 Å². The van der Waals surface area contributed by atoms with Gasteiger partial charge in [-0.25, -0.2) is 4.79 Å². The molecule has 3 aromatic rings. The summed E-state index contributed by atoms with van der Waals surface area (Å²) < 4.78 is 10.4. The number of thiophene rings is 1. The topological polar surface area (TPSA) is 91.7 Å². The van der Waals surface area contributed by atoms with Crippen molar-refractivity contribution in [3.05, 3.63) is 70.6 Å². The van der Waals surface area contributed by atoms with E-state index in [9.17, 15) is 14.9 Å². The Labute approximate surface area is 202 Å². The maximum atomic E-state index is 12.9. The molecule has 0 fully saturated rings. The SMILES string of the molecule is CCOC(=O)c1c(-c2ccc(OC)cc2)csc1NC(=O)/C(C#N)=C/c1ccc(N(C)C)cc1. The second kappa shape index (κ2) is 11.2. The fraction of sp³-hybridized carbons (Fsp3) is 0.192. The van der Waals surface area contributed by atoms with Gasteiger partial charge in [0, 0.05) is 30.7 Å². The van der Waals surface area contributed by atoms with Crippen molar-refractivity contribution < 1.29 is 19.1 Å². The second-order valence-corrected chi connectivity index (χ2v) is 8.29. The quantitative estimate of drug-likeness (QED) is 0.273. The number of carbonyl (C=O) groups is 2. The highest BCUT2D eigenvalue weighted by molar-refractivity contribution is 7.15. The average molecular weight is 476 g/mol. The number of carbonyl (C=O) groups excluding carboxylic acids is 2. The lowest BCUT2D eigenvalue weighted by molar-refractivity contribution is -0.112. The Morgan fingerprint density at radius 3 is 2.35 bits per heavy atom. The van der Waals surface area contributed by atoms with Crippen LogP contribution in [0.3, 0.4) is 0 Å². The minimum atomic E-state index is -0.604. The maximum Gasteiger partial charge on any atom is 0.341 e. The van der Waals surface area contributed by atoms with Crippen LogP contribution in [0, 0.1) is 11.3 Å². The number of methoxy groups -OCH3 is 1. The Bertz CT molecular complexity index is 1240. The fourth-order valence-corrected chi connectivity index (χ4v) is 4.15. The molecule has 1 amide bonds. The van der Waals surface area contributed by atoms with Gasteiger partial charge in [0.1, 0.15) is 28.0 Å². The van der Waals surface area contributed by atoms with Crippen molar-refractivity contribution in [2.24, 2.45) is 0 Å². The van der Waals surface area contributed by atoms with E-state index in [0.29, 0.717) is 21.9 Å². The van der Waals surface area contributed by atoms with E-state index in [4.69, 9.17) is 9.47 Å². The monoisotopic (exact) mass is 475 g/mol. The molecule has 0 unspecified atom stereocenters. The Hall–Kier alpha value is -4.09. The molecule has 0 radical (unpaired) electrons. The summed E-state index contributed by atoms with van der Waals surface area (Å²) in [6.45, 7) is 1.91. The second-order valence-electron chi connectivity index (χ2n) is 7.41. The number of rotatable bonds is 8. The highest BCUT2D eigenvalue weighted by Crippen LogP contribution is 2.37. The molecule has 0 atom stereocenters. The van der Waals surface area contributed by atoms with E-state index in [1.54, 1.807) is 31.5 Å². The largest absolute Gasteiger partial charge is 0.497 e. The first-order valence-corrected chi connectivity index (χ1v) is 11.4. The van der Waals surface area contributed by atoms with Gasteiger partial charge >= 0.3 is 5.97 Å². The molecule has 0 bridgehead atoms. The molecule has 0 spiro atoms. The summed E-state index contributed by atoms with van der Waals surface area (Å²) >= 11 is 1.20. The van der Waals surface area contributed by atoms with Crippen molar-refractivity contribution in [1.82, 2.24) is 0 Å². The minimum absolute atomic E-state index is 0.0770. The molecule has 1 N–H and O–H groups in total. The zero-order chi connectivity index (χ0) is 24.7. The molecular formula is C26H25N3O4S. The number of hydrogen-bond acceptors (Lipinski definition) is 7. The summed E-state index contributed by atoms with van der Waals surface area (Å²) in [4.78, 5) is 27.6. The van der Waals surface area contributed by atoms with Crippen LogP contribution in [0.5, 0.6) is 5.75 Å². The lowest BCUT2D eigenvalue weighted by atomic mass is 10.0. The Kier molecular flexibility index (Phi) is 8.06. The average Bonchev–Trinajstić information content (AvgIpc) is 3.26. The van der Waals surface area contributed by atoms with Gasteiger partial charge in [0.05, 0.1) is 13.7 Å². The van der Waals surface area contributed by atoms with E-state index in [1.807, 2.05) is 61.5 Å². The van der Waals surface area contributed by atoms with Gasteiger partial charge in [-0.3, -0.25) is 4.79 Å². The van der Waals surface area contributed by atoms with E-state index in [2.05, 4.69) is 5.32 Å². The number of amides is 1. The summed E-state index contributed by atoms with van der Waals surface area (Å²) in [7, 11) is 5.44. The molecule has 0 aliphatic rings. The molecule has 0 aliphatic carbocycles. The van der Waals surface area contributed by atoms with Crippen molar-refractivity contribution in [2.45, 2.75) is 6.92 Å². The third-order valence-electron chi connectivity index (χ3n) is 4.98. The first kappa shape index (κ1) is 24.6. The summed E-state index contributed by atoms with van der Waals surface area (Å²) in [6.07, 6.45) is 1.51. The molecule has 0 saturated heterocycles. The van der Waals surface area contributed by atoms with Crippen LogP contribution in [0.4, 0.5) is 10.7 Å². The van der Waals surface area contributed by atoms with Crippen LogP contribution in [-0.2, 0) is 9.53 Å². The van der Waals surface area contributed by atoms with Crippen LogP contribution in [0.25, 0.3) is 17.2 Å². The number of nitrogens with zero attached hydrogens (tertiary/aromatic N) is 2. The molecule has 0 saturated carbocycles. The van der Waals surface area contributed by atoms with Gasteiger partial charge in [0.2, 0.25) is 0 Å². The van der Waals surface area contributed by atoms with Crippen LogP contribution < -0.4 is 15.0 Å². The van der Waals surface area contributed by atoms with Crippen molar-refractivity contribution in [3.8, 4) is 22.9 Å². The van der Waals surface area contributed by atoms with E-state index >= 15 is 0 Å². The predicted molar refractivity (Wildman–Crippen MR) is 135 cm³/mol. The number of nitriles is 1. The molecule has 7 nitrogen and oxygen atoms in total. The summed E-state index contributed by atoms with van der Waals surface area (Å²) in [6, 6.07) is 16.6. The number of hydrogen-bond donors (Lipinski definition) is 1. The zero-order valence-electron chi connectivity index (χ0n) is 19.4. The third kappa shape index (κ3) is 5.63. The maximum absolute atomic E-state index is 12.9. The molecule has 8 heteroatoms. The molecule has 174 valence electrons. The molecule has 1 heterocycles. The van der Waals surface area contributed by atoms with Gasteiger partial charge in [0.15, 0.2) is 0 Å². The number of ether oxygens (including phenoxy) is 2. The van der Waals surface area contributed by atoms with Crippen LogP contribution in [0.1, 0.15) is 22.8 Å². The summed E-state index contributed by atoms with van der Waals surface area (Å²) in [5.74, 6) is -0.466.